The van der Waals surface area contributed by atoms with Crippen LogP contribution in [0.4, 0.5) is 0 Å². The first kappa shape index (κ1) is 24.2. The van der Waals surface area contributed by atoms with Crippen molar-refractivity contribution in [3.05, 3.63) is 74.7 Å². The fraction of sp³-hybridized carbons (Fsp3) is 0.385. The summed E-state index contributed by atoms with van der Waals surface area (Å²) in [6.07, 6.45) is 1.98. The Morgan fingerprint density at radius 3 is 2.56 bits per heavy atom. The number of aromatic nitrogens is 4. The van der Waals surface area contributed by atoms with Crippen molar-refractivity contribution in [3.63, 3.8) is 0 Å². The number of rotatable bonds is 9. The van der Waals surface area contributed by atoms with Gasteiger partial charge >= 0.3 is 5.69 Å². The lowest BCUT2D eigenvalue weighted by Gasteiger charge is -2.16. The van der Waals surface area contributed by atoms with Crippen LogP contribution in [-0.4, -0.2) is 36.6 Å². The number of fused-ring (bicyclic) bond motifs is 2. The van der Waals surface area contributed by atoms with Gasteiger partial charge < -0.3 is 5.11 Å². The molecule has 0 fully saturated rings. The highest BCUT2D eigenvalue weighted by Crippen LogP contribution is 2.26. The van der Waals surface area contributed by atoms with Crippen LogP contribution >= 0.6 is 11.8 Å². The summed E-state index contributed by atoms with van der Waals surface area (Å²) in [6.45, 7) is 4.66. The third-order valence-electron chi connectivity index (χ3n) is 5.76. The van der Waals surface area contributed by atoms with Crippen LogP contribution in [0.5, 0.6) is 0 Å². The zero-order valence-electron chi connectivity index (χ0n) is 19.8. The molecule has 0 radical (unpaired) electrons. The molecule has 1 N–H and O–H groups in total. The van der Waals surface area contributed by atoms with Gasteiger partial charge in [-0.3, -0.25) is 13.9 Å². The zero-order chi connectivity index (χ0) is 24.2. The molecule has 4 aromatic rings. The molecule has 34 heavy (non-hydrogen) atoms. The lowest BCUT2D eigenvalue weighted by molar-refractivity contribution is 0.287. The zero-order valence-corrected chi connectivity index (χ0v) is 20.6. The number of hydrogen-bond acceptors (Lipinski definition) is 6. The van der Waals surface area contributed by atoms with Crippen molar-refractivity contribution >= 4 is 33.6 Å². The summed E-state index contributed by atoms with van der Waals surface area (Å²) in [5.41, 5.74) is 0.755. The lowest BCUT2D eigenvalue weighted by Crippen LogP contribution is -2.39. The lowest BCUT2D eigenvalue weighted by atomic mass is 10.0. The Bertz CT molecular complexity index is 1440. The Kier molecular flexibility index (Phi) is 7.48. The molecule has 4 rings (SSSR count). The van der Waals surface area contributed by atoms with Gasteiger partial charge in [0.1, 0.15) is 16.2 Å². The highest BCUT2D eigenvalue weighted by Gasteiger charge is 2.20. The third kappa shape index (κ3) is 4.93. The van der Waals surface area contributed by atoms with Gasteiger partial charge in [0.2, 0.25) is 0 Å². The molecule has 2 aromatic carbocycles. The van der Waals surface area contributed by atoms with Crippen LogP contribution in [0.25, 0.3) is 21.8 Å². The largest absolute Gasteiger partial charge is 0.396 e. The second-order valence-electron chi connectivity index (χ2n) is 8.89. The molecule has 2 aromatic heterocycles. The van der Waals surface area contributed by atoms with Gasteiger partial charge in [-0.2, -0.15) is 0 Å². The van der Waals surface area contributed by atoms with Crippen molar-refractivity contribution in [1.29, 1.82) is 0 Å². The summed E-state index contributed by atoms with van der Waals surface area (Å²) < 4.78 is 2.75. The van der Waals surface area contributed by atoms with Crippen molar-refractivity contribution in [2.45, 2.75) is 44.7 Å². The van der Waals surface area contributed by atoms with Crippen molar-refractivity contribution in [1.82, 2.24) is 19.1 Å². The van der Waals surface area contributed by atoms with Crippen LogP contribution in [0.15, 0.2) is 57.1 Å². The van der Waals surface area contributed by atoms with E-state index in [9.17, 15) is 9.59 Å². The Morgan fingerprint density at radius 2 is 1.79 bits per heavy atom. The van der Waals surface area contributed by atoms with Gasteiger partial charge in [0.05, 0.1) is 0 Å². The van der Waals surface area contributed by atoms with E-state index in [0.29, 0.717) is 47.0 Å². The van der Waals surface area contributed by atoms with E-state index < -0.39 is 0 Å². The smallest absolute Gasteiger partial charge is 0.332 e. The SMILES string of the molecule is CC(C)Cn1c(=O)n(C)c(=O)c2c(SCCCCO)nc(Cc3cccc4ccccc34)nc21. The summed E-state index contributed by atoms with van der Waals surface area (Å²) in [5, 5.41) is 12.4. The van der Waals surface area contributed by atoms with Crippen molar-refractivity contribution in [2.24, 2.45) is 13.0 Å². The van der Waals surface area contributed by atoms with Gasteiger partial charge in [-0.05, 0) is 40.8 Å². The fourth-order valence-electron chi connectivity index (χ4n) is 4.09. The number of benzene rings is 2. The van der Waals surface area contributed by atoms with Crippen LogP contribution in [-0.2, 0) is 20.0 Å². The molecule has 7 nitrogen and oxygen atoms in total. The predicted molar refractivity (Wildman–Crippen MR) is 138 cm³/mol. The highest BCUT2D eigenvalue weighted by molar-refractivity contribution is 7.99. The summed E-state index contributed by atoms with van der Waals surface area (Å²) in [5.74, 6) is 1.50. The molecule has 0 aliphatic carbocycles. The summed E-state index contributed by atoms with van der Waals surface area (Å²) >= 11 is 1.48. The van der Waals surface area contributed by atoms with Gasteiger partial charge in [0, 0.05) is 26.6 Å². The van der Waals surface area contributed by atoms with E-state index in [4.69, 9.17) is 15.1 Å². The molecule has 2 heterocycles. The van der Waals surface area contributed by atoms with Crippen LogP contribution < -0.4 is 11.2 Å². The van der Waals surface area contributed by atoms with E-state index in [1.54, 1.807) is 4.57 Å². The highest BCUT2D eigenvalue weighted by atomic mass is 32.2. The van der Waals surface area contributed by atoms with E-state index in [1.807, 2.05) is 32.0 Å². The molecule has 0 bridgehead atoms. The maximum Gasteiger partial charge on any atom is 0.332 e. The molecule has 0 aliphatic heterocycles. The van der Waals surface area contributed by atoms with Crippen LogP contribution in [0.2, 0.25) is 0 Å². The van der Waals surface area contributed by atoms with Gasteiger partial charge in [-0.15, -0.1) is 11.8 Å². The van der Waals surface area contributed by atoms with E-state index in [1.165, 1.54) is 18.8 Å². The van der Waals surface area contributed by atoms with Crippen molar-refractivity contribution < 1.29 is 5.11 Å². The van der Waals surface area contributed by atoms with Crippen molar-refractivity contribution in [2.75, 3.05) is 12.4 Å². The number of aliphatic hydroxyl groups excluding tert-OH is 1. The number of aliphatic hydroxyl groups is 1. The molecular formula is C26H30N4O3S. The molecule has 0 saturated heterocycles. The topological polar surface area (TPSA) is 90.0 Å². The normalized spacial score (nSPS) is 11.7. The molecule has 0 atom stereocenters. The standard InChI is InChI=1S/C26H30N4O3S/c1-17(2)16-30-23-22(25(32)29(3)26(30)33)24(34-14-7-6-13-31)28-21(27-23)15-19-11-8-10-18-9-4-5-12-20(18)19/h4-5,8-12,17,31H,6-7,13-16H2,1-3H3. The molecule has 0 aliphatic rings. The number of unbranched alkanes of at least 4 members (excludes halogenated alkanes) is 1. The number of nitrogens with zero attached hydrogens (tertiary/aromatic N) is 4. The average molecular weight is 479 g/mol. The Hall–Kier alpha value is -2.97. The van der Waals surface area contributed by atoms with Crippen molar-refractivity contribution in [3.8, 4) is 0 Å². The molecule has 0 spiro atoms. The molecular weight excluding hydrogens is 448 g/mol. The molecule has 0 unspecified atom stereocenters. The molecule has 8 heteroatoms. The van der Waals surface area contributed by atoms with Gasteiger partial charge in [-0.1, -0.05) is 56.3 Å². The van der Waals surface area contributed by atoms with E-state index in [-0.39, 0.29) is 23.8 Å². The maximum absolute atomic E-state index is 13.2. The van der Waals surface area contributed by atoms with Gasteiger partial charge in [-0.25, -0.2) is 14.8 Å². The Balaban J connectivity index is 1.90. The van der Waals surface area contributed by atoms with Gasteiger partial charge in [0.15, 0.2) is 5.65 Å². The molecule has 0 amide bonds. The van der Waals surface area contributed by atoms with E-state index >= 15 is 0 Å². The minimum atomic E-state index is -0.374. The predicted octanol–water partition coefficient (Wildman–Crippen LogP) is 3.75. The maximum atomic E-state index is 13.2. The first-order valence-electron chi connectivity index (χ1n) is 11.6. The Morgan fingerprint density at radius 1 is 1.03 bits per heavy atom. The molecule has 178 valence electrons. The first-order chi connectivity index (χ1) is 16.4. The average Bonchev–Trinajstić information content (AvgIpc) is 2.83. The first-order valence-corrected chi connectivity index (χ1v) is 12.6. The van der Waals surface area contributed by atoms with Crippen LogP contribution in [0.3, 0.4) is 0 Å². The quantitative estimate of drug-likeness (QED) is 0.224. The van der Waals surface area contributed by atoms with Crippen LogP contribution in [0, 0.1) is 5.92 Å². The summed E-state index contributed by atoms with van der Waals surface area (Å²) in [7, 11) is 1.51. The second kappa shape index (κ2) is 10.5. The summed E-state index contributed by atoms with van der Waals surface area (Å²) in [4.78, 5) is 35.8. The number of thioether (sulfide) groups is 1. The third-order valence-corrected chi connectivity index (χ3v) is 6.82. The minimum absolute atomic E-state index is 0.132. The van der Waals surface area contributed by atoms with Crippen LogP contribution in [0.1, 0.15) is 38.1 Å². The molecule has 0 saturated carbocycles. The number of hydrogen-bond donors (Lipinski definition) is 1. The second-order valence-corrected chi connectivity index (χ2v) is 9.97. The Labute approximate surface area is 202 Å². The minimum Gasteiger partial charge on any atom is -0.396 e. The van der Waals surface area contributed by atoms with E-state index in [2.05, 4.69) is 24.3 Å². The summed E-state index contributed by atoms with van der Waals surface area (Å²) in [6, 6.07) is 14.3. The van der Waals surface area contributed by atoms with Gasteiger partial charge in [0.25, 0.3) is 5.56 Å². The van der Waals surface area contributed by atoms with E-state index in [0.717, 1.165) is 27.3 Å². The monoisotopic (exact) mass is 478 g/mol. The fourth-order valence-corrected chi connectivity index (χ4v) is 5.13.